The number of piperazine rings is 1. The molecule has 1 aliphatic heterocycles. The van der Waals surface area contributed by atoms with E-state index in [1.54, 1.807) is 26.8 Å². The van der Waals surface area contributed by atoms with Crippen LogP contribution in [0.15, 0.2) is 41.2 Å². The first-order valence-corrected chi connectivity index (χ1v) is 11.3. The van der Waals surface area contributed by atoms with Gasteiger partial charge in [-0.25, -0.2) is 13.9 Å². The van der Waals surface area contributed by atoms with Crippen molar-refractivity contribution < 1.29 is 18.4 Å². The summed E-state index contributed by atoms with van der Waals surface area (Å²) in [7, 11) is 0. The van der Waals surface area contributed by atoms with E-state index in [-0.39, 0.29) is 41.3 Å². The average molecular weight is 501 g/mol. The highest BCUT2D eigenvalue weighted by Crippen LogP contribution is 2.28. The SMILES string of the molecule is Cc1c(Cc2ccc(F)c(C(=O)N3CC(=O)N(c4ccc(Cl)cc4F)[C@H](C)C3)c2)n[nH]c(=O)c1C. The van der Waals surface area contributed by atoms with E-state index in [2.05, 4.69) is 10.2 Å². The minimum atomic E-state index is -0.715. The predicted octanol–water partition coefficient (Wildman–Crippen LogP) is 3.79. The maximum Gasteiger partial charge on any atom is 0.267 e. The Bertz CT molecular complexity index is 1390. The fourth-order valence-corrected chi connectivity index (χ4v) is 4.37. The molecule has 1 N–H and O–H groups in total. The Morgan fingerprint density at radius 2 is 1.86 bits per heavy atom. The van der Waals surface area contributed by atoms with Crippen LogP contribution in [0.3, 0.4) is 0 Å². The van der Waals surface area contributed by atoms with Crippen LogP contribution >= 0.6 is 11.6 Å². The lowest BCUT2D eigenvalue weighted by atomic mass is 10.0. The van der Waals surface area contributed by atoms with E-state index in [0.717, 1.165) is 11.6 Å². The fraction of sp³-hybridized carbons (Fsp3) is 0.280. The van der Waals surface area contributed by atoms with Crippen LogP contribution in [0, 0.1) is 25.5 Å². The zero-order valence-electron chi connectivity index (χ0n) is 19.4. The van der Waals surface area contributed by atoms with Gasteiger partial charge < -0.3 is 9.80 Å². The van der Waals surface area contributed by atoms with Crippen LogP contribution in [0.4, 0.5) is 14.5 Å². The molecule has 0 aliphatic carbocycles. The Labute approximate surface area is 205 Å². The molecule has 1 aliphatic rings. The summed E-state index contributed by atoms with van der Waals surface area (Å²) in [6.45, 7) is 4.92. The summed E-state index contributed by atoms with van der Waals surface area (Å²) < 4.78 is 29.1. The molecule has 0 saturated carbocycles. The molecule has 0 spiro atoms. The highest BCUT2D eigenvalue weighted by molar-refractivity contribution is 6.30. The highest BCUT2D eigenvalue weighted by Gasteiger charge is 2.35. The van der Waals surface area contributed by atoms with Crippen LogP contribution in [0.1, 0.15) is 39.7 Å². The Hall–Kier alpha value is -3.59. The quantitative estimate of drug-likeness (QED) is 0.590. The van der Waals surface area contributed by atoms with E-state index < -0.39 is 29.5 Å². The number of H-pyrrole nitrogens is 1. The first kappa shape index (κ1) is 24.5. The standard InChI is InChI=1S/C25H23ClF2N4O3/c1-13-11-31(12-23(33)32(13)22-7-5-17(26)10-20(22)28)25(35)18-8-16(4-6-19(18)27)9-21-14(2)15(3)24(34)30-29-21/h4-8,10,13H,9,11-12H2,1-3H3,(H,30,34)/t13-/m1/s1. The van der Waals surface area contributed by atoms with Crippen molar-refractivity contribution in [2.45, 2.75) is 33.2 Å². The molecular formula is C25H23ClF2N4O3. The van der Waals surface area contributed by atoms with Crippen molar-refractivity contribution in [2.24, 2.45) is 0 Å². The van der Waals surface area contributed by atoms with Crippen LogP contribution in [0.5, 0.6) is 0 Å². The zero-order chi connectivity index (χ0) is 25.4. The van der Waals surface area contributed by atoms with E-state index >= 15 is 0 Å². The van der Waals surface area contributed by atoms with Gasteiger partial charge >= 0.3 is 0 Å². The van der Waals surface area contributed by atoms with Gasteiger partial charge in [-0.2, -0.15) is 5.10 Å². The maximum atomic E-state index is 14.7. The van der Waals surface area contributed by atoms with Gasteiger partial charge in [0, 0.05) is 23.6 Å². The number of hydrogen-bond acceptors (Lipinski definition) is 4. The molecule has 1 saturated heterocycles. The number of nitrogens with zero attached hydrogens (tertiary/aromatic N) is 3. The molecule has 35 heavy (non-hydrogen) atoms. The molecule has 182 valence electrons. The Morgan fingerprint density at radius 1 is 1.11 bits per heavy atom. The number of halogens is 3. The smallest absolute Gasteiger partial charge is 0.267 e. The fourth-order valence-electron chi connectivity index (χ4n) is 4.21. The minimum Gasteiger partial charge on any atom is -0.327 e. The molecule has 0 unspecified atom stereocenters. The van der Waals surface area contributed by atoms with Crippen molar-refractivity contribution in [1.82, 2.24) is 15.1 Å². The molecule has 1 fully saturated rings. The number of aromatic nitrogens is 2. The van der Waals surface area contributed by atoms with Gasteiger partial charge in [0.1, 0.15) is 18.2 Å². The third-order valence-electron chi connectivity index (χ3n) is 6.24. The zero-order valence-corrected chi connectivity index (χ0v) is 20.1. The Kier molecular flexibility index (Phi) is 6.71. The Morgan fingerprint density at radius 3 is 2.54 bits per heavy atom. The van der Waals surface area contributed by atoms with Gasteiger partial charge in [-0.05, 0) is 62.2 Å². The summed E-state index contributed by atoms with van der Waals surface area (Å²) in [6, 6.07) is 7.65. The molecule has 0 radical (unpaired) electrons. The lowest BCUT2D eigenvalue weighted by Gasteiger charge is -2.39. The summed E-state index contributed by atoms with van der Waals surface area (Å²) in [5.41, 5.74) is 2.11. The molecule has 1 aromatic heterocycles. The van der Waals surface area contributed by atoms with E-state index in [1.807, 2.05) is 0 Å². The molecule has 3 aromatic rings. The van der Waals surface area contributed by atoms with Gasteiger partial charge in [0.15, 0.2) is 0 Å². The number of benzene rings is 2. The van der Waals surface area contributed by atoms with Crippen LogP contribution in [0.25, 0.3) is 0 Å². The largest absolute Gasteiger partial charge is 0.327 e. The summed E-state index contributed by atoms with van der Waals surface area (Å²) in [6.07, 6.45) is 0.281. The van der Waals surface area contributed by atoms with Crippen molar-refractivity contribution in [3.05, 3.63) is 91.4 Å². The number of carbonyl (C=O) groups excluding carboxylic acids is 2. The number of aromatic amines is 1. The second-order valence-electron chi connectivity index (χ2n) is 8.63. The van der Waals surface area contributed by atoms with Gasteiger partial charge in [0.05, 0.1) is 23.0 Å². The molecule has 4 rings (SSSR count). The van der Waals surface area contributed by atoms with Crippen molar-refractivity contribution in [3.8, 4) is 0 Å². The predicted molar refractivity (Wildman–Crippen MR) is 128 cm³/mol. The molecule has 2 aromatic carbocycles. The molecule has 7 nitrogen and oxygen atoms in total. The highest BCUT2D eigenvalue weighted by atomic mass is 35.5. The monoisotopic (exact) mass is 500 g/mol. The van der Waals surface area contributed by atoms with Gasteiger partial charge in [-0.3, -0.25) is 14.4 Å². The molecule has 0 bridgehead atoms. The number of anilines is 1. The van der Waals surface area contributed by atoms with E-state index in [9.17, 15) is 23.2 Å². The third kappa shape index (κ3) is 4.81. The van der Waals surface area contributed by atoms with Crippen molar-refractivity contribution in [2.75, 3.05) is 18.0 Å². The number of rotatable bonds is 4. The second kappa shape index (κ2) is 9.58. The van der Waals surface area contributed by atoms with Crippen molar-refractivity contribution in [3.63, 3.8) is 0 Å². The van der Waals surface area contributed by atoms with Gasteiger partial charge in [0.25, 0.3) is 11.5 Å². The first-order chi connectivity index (χ1) is 16.6. The van der Waals surface area contributed by atoms with Crippen molar-refractivity contribution >= 4 is 29.1 Å². The van der Waals surface area contributed by atoms with Crippen LogP contribution < -0.4 is 10.5 Å². The third-order valence-corrected chi connectivity index (χ3v) is 6.47. The summed E-state index contributed by atoms with van der Waals surface area (Å²) in [4.78, 5) is 40.4. The maximum absolute atomic E-state index is 14.7. The van der Waals surface area contributed by atoms with Gasteiger partial charge in [-0.15, -0.1) is 0 Å². The van der Waals surface area contributed by atoms with E-state index in [1.165, 1.54) is 34.1 Å². The minimum absolute atomic E-state index is 0.0752. The summed E-state index contributed by atoms with van der Waals surface area (Å²) >= 11 is 5.81. The number of hydrogen-bond donors (Lipinski definition) is 1. The van der Waals surface area contributed by atoms with E-state index in [4.69, 9.17) is 11.6 Å². The molecule has 1 atom stereocenters. The Balaban J connectivity index is 1.56. The lowest BCUT2D eigenvalue weighted by Crippen LogP contribution is -2.57. The normalized spacial score (nSPS) is 16.1. The van der Waals surface area contributed by atoms with E-state index in [0.29, 0.717) is 16.8 Å². The van der Waals surface area contributed by atoms with Crippen LogP contribution in [-0.2, 0) is 11.2 Å². The molecule has 10 heteroatoms. The lowest BCUT2D eigenvalue weighted by molar-refractivity contribution is -0.121. The average Bonchev–Trinajstić information content (AvgIpc) is 2.81. The first-order valence-electron chi connectivity index (χ1n) is 11.0. The van der Waals surface area contributed by atoms with Crippen LogP contribution in [0.2, 0.25) is 5.02 Å². The van der Waals surface area contributed by atoms with Gasteiger partial charge in [-0.1, -0.05) is 17.7 Å². The second-order valence-corrected chi connectivity index (χ2v) is 9.07. The topological polar surface area (TPSA) is 86.4 Å². The summed E-state index contributed by atoms with van der Waals surface area (Å²) in [5.74, 6) is -2.48. The number of amides is 2. The molecule has 2 amide bonds. The molecular weight excluding hydrogens is 478 g/mol. The van der Waals surface area contributed by atoms with Crippen LogP contribution in [-0.4, -0.2) is 46.0 Å². The van der Waals surface area contributed by atoms with Gasteiger partial charge in [0.2, 0.25) is 5.91 Å². The van der Waals surface area contributed by atoms with Crippen molar-refractivity contribution in [1.29, 1.82) is 0 Å². The number of carbonyl (C=O) groups is 2. The summed E-state index contributed by atoms with van der Waals surface area (Å²) in [5, 5.41) is 6.71. The number of nitrogens with one attached hydrogen (secondary N) is 1. The molecule has 2 heterocycles.